The molecular weight excluding hydrogens is 400 g/mol. The Labute approximate surface area is 206 Å². The topological polar surface area (TPSA) is 9.23 Å². The normalized spacial score (nSPS) is 25.8. The van der Waals surface area contributed by atoms with Gasteiger partial charge in [-0.15, -0.1) is 0 Å². The van der Waals surface area contributed by atoms with Gasteiger partial charge in [0.05, 0.1) is 6.61 Å². The van der Waals surface area contributed by atoms with Crippen molar-refractivity contribution in [2.24, 2.45) is 17.8 Å². The van der Waals surface area contributed by atoms with E-state index < -0.39 is 0 Å². The Morgan fingerprint density at radius 1 is 0.636 bits per heavy atom. The first-order valence-electron chi connectivity index (χ1n) is 15.0. The van der Waals surface area contributed by atoms with Crippen LogP contribution in [0.4, 0.5) is 0 Å². The number of hydrogen-bond donors (Lipinski definition) is 0. The highest BCUT2D eigenvalue weighted by molar-refractivity contribution is 5.29. The summed E-state index contributed by atoms with van der Waals surface area (Å²) in [6.07, 6.45) is 27.0. The molecule has 188 valence electrons. The largest absolute Gasteiger partial charge is 0.494 e. The van der Waals surface area contributed by atoms with E-state index in [0.717, 1.165) is 36.0 Å². The van der Waals surface area contributed by atoms with Crippen LogP contribution < -0.4 is 4.74 Å². The second-order valence-corrected chi connectivity index (χ2v) is 11.4. The van der Waals surface area contributed by atoms with Crippen molar-refractivity contribution in [1.29, 1.82) is 0 Å². The van der Waals surface area contributed by atoms with Gasteiger partial charge in [-0.05, 0) is 79.9 Å². The molecule has 2 aliphatic rings. The average Bonchev–Trinajstić information content (AvgIpc) is 2.86. The second-order valence-electron chi connectivity index (χ2n) is 11.4. The van der Waals surface area contributed by atoms with E-state index in [9.17, 15) is 0 Å². The van der Waals surface area contributed by atoms with Crippen molar-refractivity contribution < 1.29 is 4.74 Å². The lowest BCUT2D eigenvalue weighted by atomic mass is 9.74. The summed E-state index contributed by atoms with van der Waals surface area (Å²) in [5.74, 6) is 4.81. The van der Waals surface area contributed by atoms with Crippen LogP contribution in [0.2, 0.25) is 0 Å². The lowest BCUT2D eigenvalue weighted by Crippen LogP contribution is -2.20. The van der Waals surface area contributed by atoms with Crippen LogP contribution in [-0.2, 0) is 0 Å². The summed E-state index contributed by atoms with van der Waals surface area (Å²) in [7, 11) is 0. The summed E-state index contributed by atoms with van der Waals surface area (Å²) in [5, 5.41) is 0. The molecule has 0 saturated heterocycles. The first kappa shape index (κ1) is 26.6. The van der Waals surface area contributed by atoms with Crippen LogP contribution in [0, 0.1) is 17.8 Å². The van der Waals surface area contributed by atoms with Gasteiger partial charge in [-0.25, -0.2) is 0 Å². The molecule has 1 aromatic carbocycles. The minimum atomic E-state index is 0.780. The monoisotopic (exact) mass is 454 g/mol. The van der Waals surface area contributed by atoms with Crippen LogP contribution in [0.3, 0.4) is 0 Å². The van der Waals surface area contributed by atoms with Crippen molar-refractivity contribution in [3.8, 4) is 5.75 Å². The fourth-order valence-corrected chi connectivity index (χ4v) is 6.72. The van der Waals surface area contributed by atoms with Gasteiger partial charge in [0.1, 0.15) is 5.75 Å². The zero-order valence-electron chi connectivity index (χ0n) is 22.2. The van der Waals surface area contributed by atoms with Crippen molar-refractivity contribution in [3.05, 3.63) is 29.8 Å². The van der Waals surface area contributed by atoms with Gasteiger partial charge in [0.25, 0.3) is 0 Å². The summed E-state index contributed by atoms with van der Waals surface area (Å²) in [6.45, 7) is 5.52. The Morgan fingerprint density at radius 2 is 1.24 bits per heavy atom. The van der Waals surface area contributed by atoms with Crippen LogP contribution >= 0.6 is 0 Å². The van der Waals surface area contributed by atoms with E-state index in [4.69, 9.17) is 4.74 Å². The molecule has 0 aliphatic heterocycles. The van der Waals surface area contributed by atoms with Gasteiger partial charge >= 0.3 is 0 Å². The van der Waals surface area contributed by atoms with Gasteiger partial charge in [-0.3, -0.25) is 0 Å². The third-order valence-corrected chi connectivity index (χ3v) is 8.90. The third-order valence-electron chi connectivity index (χ3n) is 8.90. The Bertz CT molecular complexity index is 597. The van der Waals surface area contributed by atoms with Crippen molar-refractivity contribution in [2.45, 2.75) is 142 Å². The molecule has 0 N–H and O–H groups in total. The number of unbranched alkanes of at least 4 members (excludes halogenated alkanes) is 5. The minimum Gasteiger partial charge on any atom is -0.494 e. The van der Waals surface area contributed by atoms with E-state index in [0.29, 0.717) is 0 Å². The van der Waals surface area contributed by atoms with Crippen LogP contribution in [0.5, 0.6) is 5.75 Å². The van der Waals surface area contributed by atoms with Gasteiger partial charge in [0.15, 0.2) is 0 Å². The molecule has 33 heavy (non-hydrogen) atoms. The Balaban J connectivity index is 1.31. The molecule has 2 saturated carbocycles. The molecule has 0 spiro atoms. The molecule has 1 nitrogen and oxygen atoms in total. The maximum absolute atomic E-state index is 6.15. The summed E-state index contributed by atoms with van der Waals surface area (Å²) >= 11 is 0. The molecule has 1 aromatic rings. The summed E-state index contributed by atoms with van der Waals surface area (Å²) in [5.41, 5.74) is 1.55. The molecule has 1 heteroatoms. The zero-order chi connectivity index (χ0) is 23.1. The Morgan fingerprint density at radius 3 is 1.91 bits per heavy atom. The van der Waals surface area contributed by atoms with Crippen molar-refractivity contribution in [3.63, 3.8) is 0 Å². The van der Waals surface area contributed by atoms with Gasteiger partial charge in [-0.1, -0.05) is 109 Å². The maximum Gasteiger partial charge on any atom is 0.119 e. The minimum absolute atomic E-state index is 0.780. The molecule has 2 atom stereocenters. The number of hydrogen-bond acceptors (Lipinski definition) is 1. The molecule has 0 aromatic heterocycles. The Hall–Kier alpha value is -0.980. The first-order chi connectivity index (χ1) is 16.3. The number of benzene rings is 1. The van der Waals surface area contributed by atoms with E-state index in [-0.39, 0.29) is 0 Å². The second kappa shape index (κ2) is 15.8. The van der Waals surface area contributed by atoms with E-state index in [1.54, 1.807) is 5.56 Å². The summed E-state index contributed by atoms with van der Waals surface area (Å²) in [4.78, 5) is 0. The molecule has 0 amide bonds. The van der Waals surface area contributed by atoms with Crippen LogP contribution in [0.15, 0.2) is 24.3 Å². The predicted molar refractivity (Wildman–Crippen MR) is 144 cm³/mol. The molecule has 3 rings (SSSR count). The molecule has 0 heterocycles. The van der Waals surface area contributed by atoms with Gasteiger partial charge in [-0.2, -0.15) is 0 Å². The fraction of sp³-hybridized carbons (Fsp3) is 0.812. The highest BCUT2D eigenvalue weighted by Gasteiger charge is 2.24. The van der Waals surface area contributed by atoms with E-state index in [1.165, 1.54) is 122 Å². The highest BCUT2D eigenvalue weighted by Crippen LogP contribution is 2.39. The molecule has 2 aliphatic carbocycles. The SMILES string of the molecule is CCCCCCC1CCC(c2ccc(OCCCC3CCCCC3CCCCC)cc2)CC1. The maximum atomic E-state index is 6.15. The summed E-state index contributed by atoms with van der Waals surface area (Å²) in [6, 6.07) is 9.18. The van der Waals surface area contributed by atoms with Crippen LogP contribution in [0.25, 0.3) is 0 Å². The van der Waals surface area contributed by atoms with Gasteiger partial charge in [0.2, 0.25) is 0 Å². The third kappa shape index (κ3) is 9.65. The molecule has 0 radical (unpaired) electrons. The number of ether oxygens (including phenoxy) is 1. The van der Waals surface area contributed by atoms with Gasteiger partial charge in [0, 0.05) is 0 Å². The first-order valence-corrected chi connectivity index (χ1v) is 15.0. The quantitative estimate of drug-likeness (QED) is 0.239. The predicted octanol–water partition coefficient (Wildman–Crippen LogP) is 10.5. The molecule has 2 fully saturated rings. The molecular formula is C32H54O. The Kier molecular flexibility index (Phi) is 12.8. The summed E-state index contributed by atoms with van der Waals surface area (Å²) < 4.78 is 6.15. The van der Waals surface area contributed by atoms with Crippen molar-refractivity contribution in [2.75, 3.05) is 6.61 Å². The molecule has 0 bridgehead atoms. The van der Waals surface area contributed by atoms with E-state index in [2.05, 4.69) is 38.1 Å². The van der Waals surface area contributed by atoms with Gasteiger partial charge < -0.3 is 4.74 Å². The smallest absolute Gasteiger partial charge is 0.119 e. The van der Waals surface area contributed by atoms with Crippen molar-refractivity contribution >= 4 is 0 Å². The average molecular weight is 455 g/mol. The van der Waals surface area contributed by atoms with Crippen LogP contribution in [0.1, 0.15) is 147 Å². The van der Waals surface area contributed by atoms with E-state index in [1.807, 2.05) is 0 Å². The van der Waals surface area contributed by atoms with E-state index >= 15 is 0 Å². The highest BCUT2D eigenvalue weighted by atomic mass is 16.5. The zero-order valence-corrected chi connectivity index (χ0v) is 22.2. The number of rotatable bonds is 15. The molecule has 2 unspecified atom stereocenters. The standard InChI is InChI=1S/C32H54O/c1-3-5-7-9-13-27-18-20-30(21-19-27)31-22-24-32(25-23-31)33-26-12-17-29-16-11-10-15-28(29)14-8-6-4-2/h22-25,27-30H,3-21,26H2,1-2H3. The van der Waals surface area contributed by atoms with Crippen LogP contribution in [-0.4, -0.2) is 6.61 Å². The fourth-order valence-electron chi connectivity index (χ4n) is 6.72. The lowest BCUT2D eigenvalue weighted by Gasteiger charge is -2.31. The van der Waals surface area contributed by atoms with Crippen molar-refractivity contribution in [1.82, 2.24) is 0 Å². The lowest BCUT2D eigenvalue weighted by molar-refractivity contribution is 0.190.